The van der Waals surface area contributed by atoms with Crippen molar-refractivity contribution in [1.29, 1.82) is 0 Å². The molecule has 0 aromatic carbocycles. The summed E-state index contributed by atoms with van der Waals surface area (Å²) in [6, 6.07) is 0. The van der Waals surface area contributed by atoms with Gasteiger partial charge in [0.25, 0.3) is 0 Å². The fraction of sp³-hybridized carbons (Fsp3) is 0.667. The van der Waals surface area contributed by atoms with Gasteiger partial charge in [0.05, 0.1) is 12.7 Å². The van der Waals surface area contributed by atoms with Crippen molar-refractivity contribution in [1.82, 2.24) is 15.1 Å². The molecule has 96 valence electrons. The first-order valence-electron chi connectivity index (χ1n) is 5.77. The molecule has 0 spiro atoms. The molecule has 0 bridgehead atoms. The number of carbonyl (C=O) groups is 1. The van der Waals surface area contributed by atoms with Crippen molar-refractivity contribution >= 4 is 5.97 Å². The van der Waals surface area contributed by atoms with Gasteiger partial charge in [-0.05, 0) is 39.3 Å². The van der Waals surface area contributed by atoms with E-state index in [4.69, 9.17) is 4.74 Å². The van der Waals surface area contributed by atoms with E-state index in [-0.39, 0.29) is 12.5 Å². The number of rotatable bonds is 5. The minimum Gasteiger partial charge on any atom is -0.459 e. The molecule has 0 aliphatic rings. The molecule has 1 rings (SSSR count). The molecule has 0 saturated heterocycles. The Hall–Kier alpha value is -1.36. The van der Waals surface area contributed by atoms with E-state index in [9.17, 15) is 4.79 Å². The third-order valence-electron chi connectivity index (χ3n) is 2.04. The first-order valence-corrected chi connectivity index (χ1v) is 5.77. The van der Waals surface area contributed by atoms with Crippen LogP contribution in [0, 0.1) is 0 Å². The molecule has 1 aromatic rings. The quantitative estimate of drug-likeness (QED) is 0.612. The normalized spacial score (nSPS) is 11.5. The lowest BCUT2D eigenvalue weighted by molar-refractivity contribution is -0.153. The van der Waals surface area contributed by atoms with Crippen molar-refractivity contribution in [2.45, 2.75) is 32.8 Å². The minimum atomic E-state index is -0.415. The third kappa shape index (κ3) is 6.06. The van der Waals surface area contributed by atoms with Gasteiger partial charge in [-0.25, -0.2) is 0 Å². The monoisotopic (exact) mass is 239 g/mol. The van der Waals surface area contributed by atoms with E-state index in [2.05, 4.69) is 10.4 Å². The van der Waals surface area contributed by atoms with E-state index in [0.29, 0.717) is 0 Å². The molecule has 0 unspecified atom stereocenters. The summed E-state index contributed by atoms with van der Waals surface area (Å²) in [5.74, 6) is -0.219. The van der Waals surface area contributed by atoms with Crippen molar-refractivity contribution < 1.29 is 9.53 Å². The first-order chi connectivity index (χ1) is 7.87. The number of hydrogen-bond donors (Lipinski definition) is 1. The first kappa shape index (κ1) is 13.7. The number of ether oxygens (including phenoxy) is 1. The SMILES string of the molecule is Cn1cc(CCNCC(=O)OC(C)(C)C)cn1. The highest BCUT2D eigenvalue weighted by molar-refractivity contribution is 5.72. The molecule has 5 nitrogen and oxygen atoms in total. The molecule has 0 aliphatic carbocycles. The van der Waals surface area contributed by atoms with Crippen LogP contribution in [0.25, 0.3) is 0 Å². The van der Waals surface area contributed by atoms with E-state index < -0.39 is 5.60 Å². The maximum absolute atomic E-state index is 11.4. The second-order valence-electron chi connectivity index (χ2n) is 5.04. The van der Waals surface area contributed by atoms with Crippen LogP contribution in [0.2, 0.25) is 0 Å². The van der Waals surface area contributed by atoms with Crippen LogP contribution in [-0.2, 0) is 23.0 Å². The summed E-state index contributed by atoms with van der Waals surface area (Å²) in [4.78, 5) is 11.4. The van der Waals surface area contributed by atoms with Crippen LogP contribution >= 0.6 is 0 Å². The summed E-state index contributed by atoms with van der Waals surface area (Å²) in [6.45, 7) is 6.57. The zero-order valence-electron chi connectivity index (χ0n) is 11.0. The molecule has 0 radical (unpaired) electrons. The van der Waals surface area contributed by atoms with Crippen molar-refractivity contribution in [3.63, 3.8) is 0 Å². The van der Waals surface area contributed by atoms with E-state index in [0.717, 1.165) is 18.5 Å². The summed E-state index contributed by atoms with van der Waals surface area (Å²) in [5, 5.41) is 7.13. The highest BCUT2D eigenvalue weighted by atomic mass is 16.6. The molecule has 0 saturated carbocycles. The predicted molar refractivity (Wildman–Crippen MR) is 65.6 cm³/mol. The van der Waals surface area contributed by atoms with E-state index in [1.165, 1.54) is 0 Å². The number of esters is 1. The van der Waals surface area contributed by atoms with E-state index in [1.807, 2.05) is 40.2 Å². The van der Waals surface area contributed by atoms with Crippen LogP contribution in [0.4, 0.5) is 0 Å². The van der Waals surface area contributed by atoms with Crippen molar-refractivity contribution in [3.05, 3.63) is 18.0 Å². The molecule has 5 heteroatoms. The van der Waals surface area contributed by atoms with Crippen LogP contribution in [0.15, 0.2) is 12.4 Å². The Kier molecular flexibility index (Phi) is 4.69. The fourth-order valence-electron chi connectivity index (χ4n) is 1.40. The number of aryl methyl sites for hydroxylation is 1. The van der Waals surface area contributed by atoms with Gasteiger partial charge in [-0.3, -0.25) is 9.48 Å². The van der Waals surface area contributed by atoms with Gasteiger partial charge in [0, 0.05) is 13.2 Å². The average Bonchev–Trinajstić information content (AvgIpc) is 2.56. The number of nitrogens with one attached hydrogen (secondary N) is 1. The molecule has 1 heterocycles. The zero-order valence-corrected chi connectivity index (χ0v) is 11.0. The summed E-state index contributed by atoms with van der Waals surface area (Å²) in [7, 11) is 1.89. The Morgan fingerprint density at radius 1 is 1.53 bits per heavy atom. The molecule has 0 amide bonds. The van der Waals surface area contributed by atoms with Crippen LogP contribution in [-0.4, -0.2) is 34.4 Å². The topological polar surface area (TPSA) is 56.2 Å². The summed E-state index contributed by atoms with van der Waals surface area (Å²) < 4.78 is 6.94. The molecule has 0 aliphatic heterocycles. The second-order valence-corrected chi connectivity index (χ2v) is 5.04. The fourth-order valence-corrected chi connectivity index (χ4v) is 1.40. The Bertz CT molecular complexity index is 366. The highest BCUT2D eigenvalue weighted by Crippen LogP contribution is 2.06. The number of carbonyl (C=O) groups excluding carboxylic acids is 1. The van der Waals surface area contributed by atoms with Gasteiger partial charge >= 0.3 is 5.97 Å². The van der Waals surface area contributed by atoms with Crippen molar-refractivity contribution in [2.24, 2.45) is 7.05 Å². The van der Waals surface area contributed by atoms with Gasteiger partial charge in [-0.2, -0.15) is 5.10 Å². The Labute approximate surface area is 102 Å². The lowest BCUT2D eigenvalue weighted by Crippen LogP contribution is -2.32. The Balaban J connectivity index is 2.14. The predicted octanol–water partition coefficient (Wildman–Crippen LogP) is 0.894. The van der Waals surface area contributed by atoms with Gasteiger partial charge < -0.3 is 10.1 Å². The maximum atomic E-state index is 11.4. The second kappa shape index (κ2) is 5.82. The van der Waals surface area contributed by atoms with Gasteiger partial charge in [0.2, 0.25) is 0 Å². The average molecular weight is 239 g/mol. The summed E-state index contributed by atoms with van der Waals surface area (Å²) in [5.41, 5.74) is 0.742. The van der Waals surface area contributed by atoms with Gasteiger partial charge in [0.15, 0.2) is 0 Å². The van der Waals surface area contributed by atoms with E-state index in [1.54, 1.807) is 4.68 Å². The third-order valence-corrected chi connectivity index (χ3v) is 2.04. The van der Waals surface area contributed by atoms with Crippen LogP contribution < -0.4 is 5.32 Å². The Morgan fingerprint density at radius 3 is 2.76 bits per heavy atom. The number of nitrogens with zero attached hydrogens (tertiary/aromatic N) is 2. The van der Waals surface area contributed by atoms with E-state index >= 15 is 0 Å². The molecule has 0 atom stereocenters. The standard InChI is InChI=1S/C12H21N3O2/c1-12(2,3)17-11(16)8-13-6-5-10-7-14-15(4)9-10/h7,9,13H,5-6,8H2,1-4H3. The van der Waals surface area contributed by atoms with Gasteiger partial charge in [-0.15, -0.1) is 0 Å². The molecular weight excluding hydrogens is 218 g/mol. The minimum absolute atomic E-state index is 0.219. The van der Waals surface area contributed by atoms with Crippen molar-refractivity contribution in [3.8, 4) is 0 Å². The lowest BCUT2D eigenvalue weighted by atomic mass is 10.2. The smallest absolute Gasteiger partial charge is 0.320 e. The van der Waals surface area contributed by atoms with Gasteiger partial charge in [-0.1, -0.05) is 0 Å². The number of aromatic nitrogens is 2. The highest BCUT2D eigenvalue weighted by Gasteiger charge is 2.15. The summed E-state index contributed by atoms with van der Waals surface area (Å²) in [6.07, 6.45) is 4.65. The molecule has 1 aromatic heterocycles. The molecule has 1 N–H and O–H groups in total. The molecule has 0 fully saturated rings. The zero-order chi connectivity index (χ0) is 12.9. The van der Waals surface area contributed by atoms with Crippen molar-refractivity contribution in [2.75, 3.05) is 13.1 Å². The lowest BCUT2D eigenvalue weighted by Gasteiger charge is -2.19. The van der Waals surface area contributed by atoms with Crippen LogP contribution in [0.3, 0.4) is 0 Å². The van der Waals surface area contributed by atoms with Crippen LogP contribution in [0.5, 0.6) is 0 Å². The largest absolute Gasteiger partial charge is 0.459 e. The molecular formula is C12H21N3O2. The maximum Gasteiger partial charge on any atom is 0.320 e. The van der Waals surface area contributed by atoms with Crippen LogP contribution in [0.1, 0.15) is 26.3 Å². The summed E-state index contributed by atoms with van der Waals surface area (Å²) >= 11 is 0. The molecule has 17 heavy (non-hydrogen) atoms. The Morgan fingerprint density at radius 2 is 2.24 bits per heavy atom. The number of hydrogen-bond acceptors (Lipinski definition) is 4. The van der Waals surface area contributed by atoms with Gasteiger partial charge in [0.1, 0.15) is 5.60 Å².